The number of piperazine rings is 1. The molecule has 0 spiro atoms. The molecule has 7 rings (SSSR count). The number of fused-ring (bicyclic) bond motifs is 5. The Labute approximate surface area is 296 Å². The van der Waals surface area contributed by atoms with E-state index in [4.69, 9.17) is 14.5 Å². The van der Waals surface area contributed by atoms with Crippen LogP contribution in [0.15, 0.2) is 53.6 Å². The van der Waals surface area contributed by atoms with Gasteiger partial charge in [0, 0.05) is 67.7 Å². The maximum Gasteiger partial charge on any atom is 0.415 e. The molecule has 0 bridgehead atoms. The van der Waals surface area contributed by atoms with Gasteiger partial charge in [-0.1, -0.05) is 26.8 Å². The Morgan fingerprint density at radius 3 is 2.39 bits per heavy atom. The molecule has 4 amide bonds. The normalized spacial score (nSPS) is 19.4. The van der Waals surface area contributed by atoms with E-state index in [0.29, 0.717) is 82.0 Å². The van der Waals surface area contributed by atoms with Gasteiger partial charge in [-0.05, 0) is 68.0 Å². The molecule has 1 atom stereocenters. The topological polar surface area (TPSA) is 131 Å². The highest BCUT2D eigenvalue weighted by Gasteiger charge is 2.39. The van der Waals surface area contributed by atoms with Gasteiger partial charge in [0.2, 0.25) is 5.91 Å². The van der Waals surface area contributed by atoms with Crippen molar-refractivity contribution in [3.8, 4) is 17.1 Å². The molecule has 0 saturated carbocycles. The fourth-order valence-corrected chi connectivity index (χ4v) is 7.72. The summed E-state index contributed by atoms with van der Waals surface area (Å²) < 4.78 is 13.5. The monoisotopic (exact) mass is 693 g/mol. The molecule has 2 aromatic heterocycles. The smallest absolute Gasteiger partial charge is 0.415 e. The van der Waals surface area contributed by atoms with E-state index >= 15 is 0 Å². The van der Waals surface area contributed by atoms with Gasteiger partial charge in [-0.2, -0.15) is 0 Å². The minimum absolute atomic E-state index is 0.0300. The highest BCUT2D eigenvalue weighted by molar-refractivity contribution is 6.12. The molecule has 4 aliphatic rings. The molecule has 1 saturated heterocycles. The second-order valence-electron chi connectivity index (χ2n) is 13.9. The first kappa shape index (κ1) is 34.2. The lowest BCUT2D eigenvalue weighted by Gasteiger charge is -2.37. The SMILES string of the molecule is C=C1OCc2c(cc3n(c2=O)Cc2c-3nc3ccc(OC(=O)N4CCN(C(=O)CCCCCN5C(=O)C=CC5=O)CC4)cc3c2CC)[C@@]1(C)CC. The summed E-state index contributed by atoms with van der Waals surface area (Å²) in [6.07, 6.45) is 5.97. The number of carbonyl (C=O) groups excluding carboxylic acids is 4. The average molecular weight is 694 g/mol. The van der Waals surface area contributed by atoms with Crippen molar-refractivity contribution >= 4 is 34.7 Å². The molecule has 266 valence electrons. The standard InChI is InChI=1S/C39H43N5O7/c1-5-26-27-20-25(51-38(49)42-18-16-41(17-19-42)33(45)10-8-7-9-15-43-34(46)13-14-35(43)47)11-12-31(27)40-36-28(26)22-44-32(36)21-30-29(37(44)48)23-50-24(3)39(30,4)6-2/h11-14,20-21H,3,5-10,15-19,22-23H2,1-2,4H3/t39-/m0/s1. The van der Waals surface area contributed by atoms with Crippen molar-refractivity contribution in [2.24, 2.45) is 0 Å². The second-order valence-corrected chi connectivity index (χ2v) is 13.9. The lowest BCUT2D eigenvalue weighted by Crippen LogP contribution is -2.51. The van der Waals surface area contributed by atoms with Crippen molar-refractivity contribution in [3.63, 3.8) is 0 Å². The number of unbranched alkanes of at least 4 members (excludes halogenated alkanes) is 2. The third-order valence-electron chi connectivity index (χ3n) is 11.1. The Morgan fingerprint density at radius 1 is 0.961 bits per heavy atom. The van der Waals surface area contributed by atoms with E-state index < -0.39 is 11.5 Å². The number of carbonyl (C=O) groups is 4. The van der Waals surface area contributed by atoms with E-state index in [1.54, 1.807) is 20.4 Å². The lowest BCUT2D eigenvalue weighted by atomic mass is 9.75. The van der Waals surface area contributed by atoms with Gasteiger partial charge in [0.1, 0.15) is 12.4 Å². The molecule has 0 aliphatic carbocycles. The summed E-state index contributed by atoms with van der Waals surface area (Å²) in [5.74, 6) is 0.541. The number of aromatic nitrogens is 2. The Balaban J connectivity index is 0.990. The van der Waals surface area contributed by atoms with E-state index in [0.717, 1.165) is 51.8 Å². The first-order valence-electron chi connectivity index (χ1n) is 17.9. The van der Waals surface area contributed by atoms with Gasteiger partial charge in [-0.25, -0.2) is 9.78 Å². The molecule has 1 fully saturated rings. The highest BCUT2D eigenvalue weighted by Crippen LogP contribution is 2.44. The first-order chi connectivity index (χ1) is 24.5. The lowest BCUT2D eigenvalue weighted by molar-refractivity contribution is -0.137. The third-order valence-corrected chi connectivity index (χ3v) is 11.1. The van der Waals surface area contributed by atoms with E-state index in [-0.39, 0.29) is 29.9 Å². The molecular weight excluding hydrogens is 650 g/mol. The van der Waals surface area contributed by atoms with Crippen molar-refractivity contribution < 1.29 is 28.7 Å². The van der Waals surface area contributed by atoms with Gasteiger partial charge >= 0.3 is 6.09 Å². The summed E-state index contributed by atoms with van der Waals surface area (Å²) in [7, 11) is 0. The van der Waals surface area contributed by atoms with Gasteiger partial charge in [0.15, 0.2) is 0 Å². The van der Waals surface area contributed by atoms with Crippen molar-refractivity contribution in [2.45, 2.75) is 77.9 Å². The zero-order valence-electron chi connectivity index (χ0n) is 29.5. The quantitative estimate of drug-likeness (QED) is 0.180. The number of hydrogen-bond acceptors (Lipinski definition) is 8. The number of benzene rings is 1. The van der Waals surface area contributed by atoms with Crippen LogP contribution in [-0.2, 0) is 44.1 Å². The molecule has 3 aromatic rings. The molecule has 51 heavy (non-hydrogen) atoms. The molecule has 12 nitrogen and oxygen atoms in total. The zero-order valence-corrected chi connectivity index (χ0v) is 29.5. The number of nitrogens with zero attached hydrogens (tertiary/aromatic N) is 5. The fourth-order valence-electron chi connectivity index (χ4n) is 7.72. The van der Waals surface area contributed by atoms with Gasteiger partial charge in [-0.15, -0.1) is 0 Å². The predicted octanol–water partition coefficient (Wildman–Crippen LogP) is 4.83. The van der Waals surface area contributed by atoms with Crippen LogP contribution >= 0.6 is 0 Å². The molecular formula is C39H43N5O7. The first-order valence-corrected chi connectivity index (χ1v) is 17.9. The summed E-state index contributed by atoms with van der Waals surface area (Å²) in [6, 6.07) is 7.56. The van der Waals surface area contributed by atoms with E-state index in [2.05, 4.69) is 33.4 Å². The number of amides is 4. The maximum atomic E-state index is 13.8. The molecule has 1 aromatic carbocycles. The van der Waals surface area contributed by atoms with Gasteiger partial charge in [-0.3, -0.25) is 24.1 Å². The maximum absolute atomic E-state index is 13.8. The number of pyridine rings is 2. The van der Waals surface area contributed by atoms with Gasteiger partial charge < -0.3 is 23.8 Å². The van der Waals surface area contributed by atoms with Crippen LogP contribution in [0.1, 0.15) is 75.1 Å². The number of rotatable bonds is 9. The Hall–Kier alpha value is -5.26. The van der Waals surface area contributed by atoms with Gasteiger partial charge in [0.25, 0.3) is 17.4 Å². The minimum atomic E-state index is -0.471. The minimum Gasteiger partial charge on any atom is -0.493 e. The Bertz CT molecular complexity index is 2060. The van der Waals surface area contributed by atoms with Crippen molar-refractivity contribution in [1.82, 2.24) is 24.3 Å². The molecule has 4 aliphatic heterocycles. The van der Waals surface area contributed by atoms with Crippen molar-refractivity contribution in [3.05, 3.63) is 81.4 Å². The summed E-state index contributed by atoms with van der Waals surface area (Å²) in [5.41, 5.74) is 5.55. The van der Waals surface area contributed by atoms with Crippen LogP contribution in [0.25, 0.3) is 22.3 Å². The second kappa shape index (κ2) is 13.5. The van der Waals surface area contributed by atoms with Crippen LogP contribution < -0.4 is 10.3 Å². The fraction of sp³-hybridized carbons (Fsp3) is 0.436. The largest absolute Gasteiger partial charge is 0.493 e. The van der Waals surface area contributed by atoms with Crippen molar-refractivity contribution in [1.29, 1.82) is 0 Å². The highest BCUT2D eigenvalue weighted by atomic mass is 16.6. The van der Waals surface area contributed by atoms with Crippen LogP contribution in [0, 0.1) is 0 Å². The molecule has 0 radical (unpaired) electrons. The molecule has 0 unspecified atom stereocenters. The summed E-state index contributed by atoms with van der Waals surface area (Å²) in [4.78, 5) is 72.8. The van der Waals surface area contributed by atoms with Crippen LogP contribution in [0.4, 0.5) is 4.79 Å². The van der Waals surface area contributed by atoms with Gasteiger partial charge in [0.05, 0.1) is 34.8 Å². The summed E-state index contributed by atoms with van der Waals surface area (Å²) in [5, 5.41) is 0.882. The number of imide groups is 1. The van der Waals surface area contributed by atoms with Crippen LogP contribution in [0.3, 0.4) is 0 Å². The predicted molar refractivity (Wildman–Crippen MR) is 190 cm³/mol. The summed E-state index contributed by atoms with van der Waals surface area (Å²) in [6.45, 7) is 12.9. The number of aryl methyl sites for hydroxylation is 1. The third kappa shape index (κ3) is 6.00. The number of hydrogen-bond donors (Lipinski definition) is 0. The molecule has 12 heteroatoms. The average Bonchev–Trinajstić information content (AvgIpc) is 3.67. The summed E-state index contributed by atoms with van der Waals surface area (Å²) >= 11 is 0. The van der Waals surface area contributed by atoms with Crippen LogP contribution in [-0.4, -0.2) is 80.8 Å². The van der Waals surface area contributed by atoms with E-state index in [1.807, 2.05) is 12.1 Å². The molecule has 6 heterocycles. The van der Waals surface area contributed by atoms with Crippen molar-refractivity contribution in [2.75, 3.05) is 32.7 Å². The number of ether oxygens (including phenoxy) is 2. The Kier molecular flexibility index (Phi) is 9.03. The zero-order chi connectivity index (χ0) is 36.0. The van der Waals surface area contributed by atoms with Crippen LogP contribution in [0.2, 0.25) is 0 Å². The van der Waals surface area contributed by atoms with E-state index in [9.17, 15) is 24.0 Å². The van der Waals surface area contributed by atoms with Crippen LogP contribution in [0.5, 0.6) is 5.75 Å². The molecule has 0 N–H and O–H groups in total. The number of allylic oxidation sites excluding steroid dienone is 1. The Morgan fingerprint density at radius 2 is 1.69 bits per heavy atom. The van der Waals surface area contributed by atoms with E-state index in [1.165, 1.54) is 17.1 Å².